The molecule has 0 amide bonds. The Morgan fingerprint density at radius 1 is 0.520 bits per heavy atom. The summed E-state index contributed by atoms with van der Waals surface area (Å²) in [5.74, 6) is 0. The van der Waals surface area contributed by atoms with Crippen molar-refractivity contribution in [1.29, 1.82) is 0 Å². The summed E-state index contributed by atoms with van der Waals surface area (Å²) in [5.41, 5.74) is 6.86. The molecule has 270 valence electrons. The molecule has 0 aliphatic heterocycles. The molecule has 0 unspecified atom stereocenters. The molecule has 0 spiro atoms. The average molecular weight is 720 g/mol. The van der Waals surface area contributed by atoms with Crippen molar-refractivity contribution in [3.05, 3.63) is 140 Å². The van der Waals surface area contributed by atoms with Gasteiger partial charge in [-0.25, -0.2) is 0 Å². The average Bonchev–Trinajstić information content (AvgIpc) is 3.11. The molecule has 0 aromatic heterocycles. The molecule has 0 aliphatic carbocycles. The molecule has 4 aromatic rings. The number of nitrogens with one attached hydrogen (secondary N) is 4. The molecule has 0 radical (unpaired) electrons. The van der Waals surface area contributed by atoms with Gasteiger partial charge in [0.1, 0.15) is 0 Å². The standard InChI is InChI=1S/C42H56Cl2N4O2/c1-31(47-29-41(49)37-9-7-11-39(43)25-37)23-33-13-17-35(18-14-33)27-45-21-5-3-4-6-22-46-28-36-19-15-34(16-20-36)24-32(2)48-30-42(50)38-10-8-12-40(44)26-38/h7-20,25-26,31-32,41-42,45-50H,3-6,21-24,27-30H2,1-2H3/t31-,32-,41+,42+/m1/s1. The van der Waals surface area contributed by atoms with Gasteiger partial charge in [0.25, 0.3) is 0 Å². The Hall–Kier alpha value is -2.78. The molecule has 4 atom stereocenters. The van der Waals surface area contributed by atoms with Crippen molar-refractivity contribution < 1.29 is 10.2 Å². The zero-order valence-electron chi connectivity index (χ0n) is 29.7. The predicted octanol–water partition coefficient (Wildman–Crippen LogP) is 7.94. The Labute approximate surface area is 310 Å². The van der Waals surface area contributed by atoms with E-state index in [1.165, 1.54) is 47.9 Å². The predicted molar refractivity (Wildman–Crippen MR) is 210 cm³/mol. The summed E-state index contributed by atoms with van der Waals surface area (Å²) in [6, 6.07) is 33.0. The molecular formula is C42H56Cl2N4O2. The van der Waals surface area contributed by atoms with Gasteiger partial charge < -0.3 is 31.5 Å². The molecule has 0 aliphatic rings. The summed E-state index contributed by atoms with van der Waals surface area (Å²) in [6.07, 6.45) is 5.53. The van der Waals surface area contributed by atoms with Crippen molar-refractivity contribution in [2.75, 3.05) is 26.2 Å². The first kappa shape index (κ1) is 40.0. The number of hydrogen-bond donors (Lipinski definition) is 6. The minimum absolute atomic E-state index is 0.256. The zero-order chi connectivity index (χ0) is 35.6. The van der Waals surface area contributed by atoms with Crippen LogP contribution in [0.25, 0.3) is 0 Å². The third-order valence-corrected chi connectivity index (χ3v) is 9.50. The highest BCUT2D eigenvalue weighted by Gasteiger charge is 2.12. The van der Waals surface area contributed by atoms with Crippen LogP contribution in [0.15, 0.2) is 97.1 Å². The van der Waals surface area contributed by atoms with Gasteiger partial charge in [0.2, 0.25) is 0 Å². The highest BCUT2D eigenvalue weighted by molar-refractivity contribution is 6.30. The van der Waals surface area contributed by atoms with Crippen LogP contribution in [0.3, 0.4) is 0 Å². The molecule has 0 heterocycles. The van der Waals surface area contributed by atoms with Crippen LogP contribution in [-0.2, 0) is 25.9 Å². The summed E-state index contributed by atoms with van der Waals surface area (Å²) in [5, 5.41) is 36.2. The second-order valence-electron chi connectivity index (χ2n) is 13.6. The normalized spacial score (nSPS) is 14.0. The minimum Gasteiger partial charge on any atom is -0.387 e. The maximum atomic E-state index is 10.5. The van der Waals surface area contributed by atoms with Crippen molar-refractivity contribution in [2.45, 2.75) is 89.8 Å². The van der Waals surface area contributed by atoms with Crippen LogP contribution in [0.4, 0.5) is 0 Å². The summed E-state index contributed by atoms with van der Waals surface area (Å²) in [7, 11) is 0. The lowest BCUT2D eigenvalue weighted by molar-refractivity contribution is 0.170. The van der Waals surface area contributed by atoms with E-state index in [2.05, 4.69) is 83.6 Å². The lowest BCUT2D eigenvalue weighted by atomic mass is 10.0. The Kier molecular flexibility index (Phi) is 17.8. The molecule has 6 nitrogen and oxygen atoms in total. The van der Waals surface area contributed by atoms with Gasteiger partial charge in [-0.2, -0.15) is 0 Å². The SMILES string of the molecule is C[C@H](Cc1ccc(CNCCCCCCNCc2ccc(C[C@@H](C)NC[C@H](O)c3cccc(Cl)c3)cc2)cc1)NC[C@H](O)c1cccc(Cl)c1. The Bertz CT molecular complexity index is 1400. The van der Waals surface area contributed by atoms with E-state index in [1.807, 2.05) is 48.5 Å². The Morgan fingerprint density at radius 2 is 0.900 bits per heavy atom. The molecule has 0 saturated heterocycles. The highest BCUT2D eigenvalue weighted by atomic mass is 35.5. The van der Waals surface area contributed by atoms with Gasteiger partial charge in [0.15, 0.2) is 0 Å². The van der Waals surface area contributed by atoms with Crippen molar-refractivity contribution in [1.82, 2.24) is 21.3 Å². The van der Waals surface area contributed by atoms with E-state index in [0.717, 1.165) is 50.1 Å². The quantitative estimate of drug-likeness (QED) is 0.0437. The van der Waals surface area contributed by atoms with Crippen molar-refractivity contribution in [2.24, 2.45) is 0 Å². The van der Waals surface area contributed by atoms with Gasteiger partial charge in [-0.15, -0.1) is 0 Å². The summed E-state index contributed by atoms with van der Waals surface area (Å²) in [4.78, 5) is 0. The van der Waals surface area contributed by atoms with Crippen LogP contribution in [0, 0.1) is 0 Å². The van der Waals surface area contributed by atoms with E-state index in [-0.39, 0.29) is 12.1 Å². The number of aliphatic hydroxyl groups is 2. The van der Waals surface area contributed by atoms with Crippen LogP contribution in [0.5, 0.6) is 0 Å². The molecule has 0 bridgehead atoms. The van der Waals surface area contributed by atoms with E-state index in [0.29, 0.717) is 23.1 Å². The lowest BCUT2D eigenvalue weighted by Crippen LogP contribution is -2.32. The summed E-state index contributed by atoms with van der Waals surface area (Å²) in [6.45, 7) is 9.14. The minimum atomic E-state index is -0.574. The van der Waals surface area contributed by atoms with E-state index >= 15 is 0 Å². The van der Waals surface area contributed by atoms with Crippen LogP contribution in [-0.4, -0.2) is 48.5 Å². The number of benzene rings is 4. The van der Waals surface area contributed by atoms with Gasteiger partial charge in [-0.1, -0.05) is 109 Å². The first-order valence-electron chi connectivity index (χ1n) is 18.2. The number of halogens is 2. The number of rotatable bonds is 23. The molecule has 4 aromatic carbocycles. The molecule has 6 N–H and O–H groups in total. The zero-order valence-corrected chi connectivity index (χ0v) is 31.2. The largest absolute Gasteiger partial charge is 0.387 e. The van der Waals surface area contributed by atoms with E-state index in [4.69, 9.17) is 23.2 Å². The van der Waals surface area contributed by atoms with Crippen LogP contribution in [0.1, 0.15) is 85.1 Å². The van der Waals surface area contributed by atoms with Crippen LogP contribution in [0.2, 0.25) is 10.0 Å². The summed E-state index contributed by atoms with van der Waals surface area (Å²) < 4.78 is 0. The van der Waals surface area contributed by atoms with Crippen molar-refractivity contribution >= 4 is 23.2 Å². The molecular weight excluding hydrogens is 663 g/mol. The first-order chi connectivity index (χ1) is 24.2. The Morgan fingerprint density at radius 3 is 1.28 bits per heavy atom. The topological polar surface area (TPSA) is 88.6 Å². The number of unbranched alkanes of at least 4 members (excludes halogenated alkanes) is 3. The molecule has 0 saturated carbocycles. The number of hydrogen-bond acceptors (Lipinski definition) is 6. The highest BCUT2D eigenvalue weighted by Crippen LogP contribution is 2.19. The summed E-state index contributed by atoms with van der Waals surface area (Å²) >= 11 is 12.1. The number of aliphatic hydroxyl groups excluding tert-OH is 2. The maximum absolute atomic E-state index is 10.5. The molecule has 50 heavy (non-hydrogen) atoms. The molecule has 0 fully saturated rings. The second kappa shape index (κ2) is 22.2. The van der Waals surface area contributed by atoms with Gasteiger partial charge in [-0.3, -0.25) is 0 Å². The van der Waals surface area contributed by atoms with Crippen LogP contribution >= 0.6 is 23.2 Å². The van der Waals surface area contributed by atoms with Crippen molar-refractivity contribution in [3.63, 3.8) is 0 Å². The third-order valence-electron chi connectivity index (χ3n) is 9.03. The van der Waals surface area contributed by atoms with Gasteiger partial charge >= 0.3 is 0 Å². The maximum Gasteiger partial charge on any atom is 0.0914 e. The second-order valence-corrected chi connectivity index (χ2v) is 14.4. The lowest BCUT2D eigenvalue weighted by Gasteiger charge is -2.18. The van der Waals surface area contributed by atoms with Gasteiger partial charge in [0.05, 0.1) is 12.2 Å². The van der Waals surface area contributed by atoms with E-state index in [1.54, 1.807) is 0 Å². The van der Waals surface area contributed by atoms with E-state index < -0.39 is 12.2 Å². The first-order valence-corrected chi connectivity index (χ1v) is 18.9. The van der Waals surface area contributed by atoms with Crippen molar-refractivity contribution in [3.8, 4) is 0 Å². The third kappa shape index (κ3) is 15.2. The van der Waals surface area contributed by atoms with Gasteiger partial charge in [0, 0.05) is 48.3 Å². The molecule has 4 rings (SSSR count). The van der Waals surface area contributed by atoms with Gasteiger partial charge in [-0.05, 0) is 110 Å². The fourth-order valence-corrected chi connectivity index (χ4v) is 6.44. The monoisotopic (exact) mass is 718 g/mol. The smallest absolute Gasteiger partial charge is 0.0914 e. The fraction of sp³-hybridized carbons (Fsp3) is 0.429. The van der Waals surface area contributed by atoms with E-state index in [9.17, 15) is 10.2 Å². The molecule has 8 heteroatoms. The fourth-order valence-electron chi connectivity index (χ4n) is 6.05. The Balaban J connectivity index is 0.977. The van der Waals surface area contributed by atoms with Crippen LogP contribution < -0.4 is 21.3 Å².